The van der Waals surface area contributed by atoms with Gasteiger partial charge in [0.1, 0.15) is 5.76 Å². The Labute approximate surface area is 120 Å². The molecule has 2 aliphatic carbocycles. The van der Waals surface area contributed by atoms with Gasteiger partial charge in [-0.15, -0.1) is 0 Å². The van der Waals surface area contributed by atoms with Gasteiger partial charge < -0.3 is 10.1 Å². The Bertz CT molecular complexity index is 511. The second-order valence-electron chi connectivity index (χ2n) is 5.72. The van der Waals surface area contributed by atoms with Crippen molar-refractivity contribution in [1.82, 2.24) is 5.32 Å². The molecule has 0 saturated heterocycles. The number of carbonyl (C=O) groups excluding carboxylic acids is 1. The van der Waals surface area contributed by atoms with E-state index in [0.29, 0.717) is 6.42 Å². The van der Waals surface area contributed by atoms with Gasteiger partial charge in [0.05, 0.1) is 6.61 Å². The molecule has 20 heavy (non-hydrogen) atoms. The minimum atomic E-state index is 0.141. The van der Waals surface area contributed by atoms with Gasteiger partial charge in [-0.2, -0.15) is 0 Å². The van der Waals surface area contributed by atoms with Crippen LogP contribution in [-0.2, 0) is 9.53 Å². The number of ether oxygens (including phenoxy) is 1. The summed E-state index contributed by atoms with van der Waals surface area (Å²) in [4.78, 5) is 11.3. The number of hydrogen-bond donors (Lipinski definition) is 1. The van der Waals surface area contributed by atoms with Gasteiger partial charge in [0, 0.05) is 19.4 Å². The zero-order valence-corrected chi connectivity index (χ0v) is 12.3. The first-order valence-electron chi connectivity index (χ1n) is 7.83. The van der Waals surface area contributed by atoms with E-state index >= 15 is 0 Å². The quantitative estimate of drug-likeness (QED) is 0.852. The third-order valence-corrected chi connectivity index (χ3v) is 4.45. The van der Waals surface area contributed by atoms with Crippen molar-refractivity contribution in [3.63, 3.8) is 0 Å². The van der Waals surface area contributed by atoms with E-state index in [-0.39, 0.29) is 5.91 Å². The smallest absolute Gasteiger partial charge is 0.219 e. The SMILES string of the molecule is CCC(=O)NCCC1=CCC2=C1C1=C(CC2)OCCC1. The maximum atomic E-state index is 11.3. The first-order chi connectivity index (χ1) is 9.79. The predicted octanol–water partition coefficient (Wildman–Crippen LogP) is 3.39. The summed E-state index contributed by atoms with van der Waals surface area (Å²) < 4.78 is 5.85. The highest BCUT2D eigenvalue weighted by Crippen LogP contribution is 2.44. The summed E-state index contributed by atoms with van der Waals surface area (Å²) in [5.41, 5.74) is 5.96. The second kappa shape index (κ2) is 5.86. The summed E-state index contributed by atoms with van der Waals surface area (Å²) in [6, 6.07) is 0. The molecule has 0 radical (unpaired) electrons. The molecule has 1 heterocycles. The zero-order valence-electron chi connectivity index (χ0n) is 12.3. The summed E-state index contributed by atoms with van der Waals surface area (Å²) in [5, 5.41) is 2.98. The van der Waals surface area contributed by atoms with Gasteiger partial charge in [0.25, 0.3) is 0 Å². The minimum Gasteiger partial charge on any atom is -0.498 e. The molecule has 3 nitrogen and oxygen atoms in total. The van der Waals surface area contributed by atoms with E-state index in [0.717, 1.165) is 51.7 Å². The van der Waals surface area contributed by atoms with Crippen LogP contribution < -0.4 is 5.32 Å². The maximum Gasteiger partial charge on any atom is 0.219 e. The molecule has 3 heteroatoms. The van der Waals surface area contributed by atoms with Gasteiger partial charge in [-0.25, -0.2) is 0 Å². The van der Waals surface area contributed by atoms with Gasteiger partial charge in [-0.1, -0.05) is 18.6 Å². The highest BCUT2D eigenvalue weighted by molar-refractivity contribution is 5.75. The van der Waals surface area contributed by atoms with Gasteiger partial charge in [0.2, 0.25) is 5.91 Å². The average Bonchev–Trinajstić information content (AvgIpc) is 2.91. The fourth-order valence-corrected chi connectivity index (χ4v) is 3.42. The van der Waals surface area contributed by atoms with E-state index in [9.17, 15) is 4.79 Å². The minimum absolute atomic E-state index is 0.141. The van der Waals surface area contributed by atoms with Crippen LogP contribution in [0, 0.1) is 0 Å². The summed E-state index contributed by atoms with van der Waals surface area (Å²) in [5.74, 6) is 1.38. The normalized spacial score (nSPS) is 21.1. The van der Waals surface area contributed by atoms with Gasteiger partial charge in [0.15, 0.2) is 0 Å². The molecule has 0 spiro atoms. The Morgan fingerprint density at radius 1 is 1.35 bits per heavy atom. The van der Waals surface area contributed by atoms with Crippen molar-refractivity contribution in [2.45, 2.75) is 51.9 Å². The Hall–Kier alpha value is -1.51. The average molecular weight is 273 g/mol. The van der Waals surface area contributed by atoms with E-state index in [2.05, 4.69) is 11.4 Å². The monoisotopic (exact) mass is 273 g/mol. The first-order valence-corrected chi connectivity index (χ1v) is 7.83. The predicted molar refractivity (Wildman–Crippen MR) is 79.1 cm³/mol. The zero-order chi connectivity index (χ0) is 13.9. The lowest BCUT2D eigenvalue weighted by Crippen LogP contribution is -2.24. The lowest BCUT2D eigenvalue weighted by molar-refractivity contribution is -0.120. The van der Waals surface area contributed by atoms with Crippen molar-refractivity contribution in [2.24, 2.45) is 0 Å². The molecule has 3 aliphatic rings. The molecule has 0 atom stereocenters. The Kier molecular flexibility index (Phi) is 3.95. The molecule has 1 amide bonds. The Balaban J connectivity index is 1.70. The van der Waals surface area contributed by atoms with E-state index in [1.165, 1.54) is 22.5 Å². The van der Waals surface area contributed by atoms with Crippen LogP contribution >= 0.6 is 0 Å². The number of amides is 1. The number of carbonyl (C=O) groups is 1. The van der Waals surface area contributed by atoms with Crippen molar-refractivity contribution in [3.05, 3.63) is 34.1 Å². The first kappa shape index (κ1) is 13.5. The van der Waals surface area contributed by atoms with E-state index in [1.54, 1.807) is 5.57 Å². The Morgan fingerprint density at radius 2 is 2.25 bits per heavy atom. The van der Waals surface area contributed by atoms with Crippen LogP contribution in [0.1, 0.15) is 51.9 Å². The van der Waals surface area contributed by atoms with Crippen molar-refractivity contribution >= 4 is 5.91 Å². The molecule has 1 N–H and O–H groups in total. The summed E-state index contributed by atoms with van der Waals surface area (Å²) in [6.45, 7) is 3.52. The molecule has 0 unspecified atom stereocenters. The third kappa shape index (κ3) is 2.54. The molecule has 108 valence electrons. The summed E-state index contributed by atoms with van der Waals surface area (Å²) >= 11 is 0. The molecule has 1 aliphatic heterocycles. The van der Waals surface area contributed by atoms with Crippen molar-refractivity contribution in [3.8, 4) is 0 Å². The van der Waals surface area contributed by atoms with E-state index in [4.69, 9.17) is 4.74 Å². The highest BCUT2D eigenvalue weighted by Gasteiger charge is 2.29. The lowest BCUT2D eigenvalue weighted by atomic mass is 9.84. The van der Waals surface area contributed by atoms with E-state index in [1.807, 2.05) is 6.92 Å². The molecule has 0 bridgehead atoms. The molecule has 3 rings (SSSR count). The molecule has 0 aromatic rings. The number of hydrogen-bond acceptors (Lipinski definition) is 2. The molecule has 0 saturated carbocycles. The van der Waals surface area contributed by atoms with Crippen molar-refractivity contribution in [2.75, 3.05) is 13.2 Å². The summed E-state index contributed by atoms with van der Waals surface area (Å²) in [6.07, 6.45) is 9.49. The summed E-state index contributed by atoms with van der Waals surface area (Å²) in [7, 11) is 0. The lowest BCUT2D eigenvalue weighted by Gasteiger charge is -2.28. The number of rotatable bonds is 4. The Morgan fingerprint density at radius 3 is 3.10 bits per heavy atom. The standard InChI is InChI=1S/C17H23NO2/c1-2-16(19)18-10-9-13-6-5-12-7-8-15-14(17(12)13)4-3-11-20-15/h6H,2-5,7-11H2,1H3,(H,18,19). The molecule has 0 aromatic carbocycles. The van der Waals surface area contributed by atoms with E-state index < -0.39 is 0 Å². The molecule has 0 fully saturated rings. The molecular formula is C17H23NO2. The maximum absolute atomic E-state index is 11.3. The van der Waals surface area contributed by atoms with Crippen LogP contribution in [0.5, 0.6) is 0 Å². The van der Waals surface area contributed by atoms with Crippen LogP contribution in [0.25, 0.3) is 0 Å². The van der Waals surface area contributed by atoms with Gasteiger partial charge in [-0.05, 0) is 48.8 Å². The van der Waals surface area contributed by atoms with Crippen LogP contribution in [-0.4, -0.2) is 19.1 Å². The number of allylic oxidation sites excluding steroid dienone is 5. The van der Waals surface area contributed by atoms with Gasteiger partial charge in [-0.3, -0.25) is 4.79 Å². The molecular weight excluding hydrogens is 250 g/mol. The number of fused-ring (bicyclic) bond motifs is 1. The van der Waals surface area contributed by atoms with Crippen LogP contribution in [0.4, 0.5) is 0 Å². The van der Waals surface area contributed by atoms with Crippen LogP contribution in [0.3, 0.4) is 0 Å². The third-order valence-electron chi connectivity index (χ3n) is 4.45. The highest BCUT2D eigenvalue weighted by atomic mass is 16.5. The fraction of sp³-hybridized carbons (Fsp3) is 0.588. The molecule has 0 aromatic heterocycles. The topological polar surface area (TPSA) is 38.3 Å². The van der Waals surface area contributed by atoms with Crippen LogP contribution in [0.2, 0.25) is 0 Å². The second-order valence-corrected chi connectivity index (χ2v) is 5.72. The van der Waals surface area contributed by atoms with Crippen molar-refractivity contribution in [1.29, 1.82) is 0 Å². The van der Waals surface area contributed by atoms with Gasteiger partial charge >= 0.3 is 0 Å². The largest absolute Gasteiger partial charge is 0.498 e. The van der Waals surface area contributed by atoms with Crippen molar-refractivity contribution < 1.29 is 9.53 Å². The van der Waals surface area contributed by atoms with Crippen LogP contribution in [0.15, 0.2) is 34.1 Å². The number of nitrogens with one attached hydrogen (secondary N) is 1. The fourth-order valence-electron chi connectivity index (χ4n) is 3.42.